The molecule has 0 saturated carbocycles. The van der Waals surface area contributed by atoms with Crippen molar-refractivity contribution in [1.29, 1.82) is 0 Å². The summed E-state index contributed by atoms with van der Waals surface area (Å²) in [7, 11) is 1.29. The van der Waals surface area contributed by atoms with E-state index in [9.17, 15) is 9.59 Å². The number of esters is 1. The Balaban J connectivity index is 1.60. The summed E-state index contributed by atoms with van der Waals surface area (Å²) in [4.78, 5) is 23.9. The van der Waals surface area contributed by atoms with Gasteiger partial charge in [-0.25, -0.2) is 4.79 Å². The molecule has 0 aliphatic rings. The molecule has 0 aliphatic carbocycles. The Morgan fingerprint density at radius 3 is 2.58 bits per heavy atom. The van der Waals surface area contributed by atoms with Crippen LogP contribution < -0.4 is 5.32 Å². The highest BCUT2D eigenvalue weighted by Gasteiger charge is 2.15. The lowest BCUT2D eigenvalue weighted by atomic mass is 10.2. The fourth-order valence-electron chi connectivity index (χ4n) is 2.16. The predicted octanol–water partition coefficient (Wildman–Crippen LogP) is 3.25. The molecule has 1 N–H and O–H groups in total. The summed E-state index contributed by atoms with van der Waals surface area (Å²) in [5, 5.41) is 10.9. The maximum atomic E-state index is 12.2. The van der Waals surface area contributed by atoms with Gasteiger partial charge in [0.25, 0.3) is 5.22 Å². The molecule has 0 bridgehead atoms. The number of hydrogen-bond donors (Lipinski definition) is 1. The van der Waals surface area contributed by atoms with Crippen molar-refractivity contribution < 1.29 is 18.7 Å². The third kappa shape index (κ3) is 4.28. The molecule has 0 aliphatic heterocycles. The SMILES string of the molecule is COC(=O)c1ccccc1NC(=O)CSc1nnc(-c2ccccc2)o1. The Morgan fingerprint density at radius 1 is 1.08 bits per heavy atom. The van der Waals surface area contributed by atoms with Gasteiger partial charge in [-0.15, -0.1) is 10.2 Å². The van der Waals surface area contributed by atoms with Gasteiger partial charge in [-0.2, -0.15) is 0 Å². The summed E-state index contributed by atoms with van der Waals surface area (Å²) >= 11 is 1.11. The minimum Gasteiger partial charge on any atom is -0.465 e. The van der Waals surface area contributed by atoms with Gasteiger partial charge in [0.15, 0.2) is 0 Å². The molecular weight excluding hydrogens is 354 g/mol. The van der Waals surface area contributed by atoms with Gasteiger partial charge < -0.3 is 14.5 Å². The standard InChI is InChI=1S/C18H15N3O4S/c1-24-17(23)13-9-5-6-10-14(13)19-15(22)11-26-18-21-20-16(25-18)12-7-3-2-4-8-12/h2-10H,11H2,1H3,(H,19,22). The molecule has 1 heterocycles. The number of methoxy groups -OCH3 is 1. The molecule has 3 rings (SSSR count). The van der Waals surface area contributed by atoms with E-state index >= 15 is 0 Å². The maximum absolute atomic E-state index is 12.2. The van der Waals surface area contributed by atoms with Crippen molar-refractivity contribution in [3.63, 3.8) is 0 Å². The van der Waals surface area contributed by atoms with Gasteiger partial charge in [0, 0.05) is 5.56 Å². The molecule has 3 aromatic rings. The van der Waals surface area contributed by atoms with Crippen LogP contribution in [0.3, 0.4) is 0 Å². The number of anilines is 1. The maximum Gasteiger partial charge on any atom is 0.339 e. The minimum absolute atomic E-state index is 0.0614. The van der Waals surface area contributed by atoms with Gasteiger partial charge in [0.05, 0.1) is 24.1 Å². The zero-order valence-corrected chi connectivity index (χ0v) is 14.7. The molecule has 8 heteroatoms. The zero-order valence-electron chi connectivity index (χ0n) is 13.8. The van der Waals surface area contributed by atoms with Crippen molar-refractivity contribution in [2.24, 2.45) is 0 Å². The Morgan fingerprint density at radius 2 is 1.81 bits per heavy atom. The molecule has 7 nitrogen and oxygen atoms in total. The molecule has 2 aromatic carbocycles. The number of hydrogen-bond acceptors (Lipinski definition) is 7. The first-order valence-electron chi connectivity index (χ1n) is 7.66. The first kappa shape index (κ1) is 17.7. The lowest BCUT2D eigenvalue weighted by Gasteiger charge is -2.08. The molecule has 0 saturated heterocycles. The quantitative estimate of drug-likeness (QED) is 0.526. The van der Waals surface area contributed by atoms with E-state index in [1.807, 2.05) is 30.3 Å². The number of amides is 1. The highest BCUT2D eigenvalue weighted by Crippen LogP contribution is 2.23. The molecule has 132 valence electrons. The van der Waals surface area contributed by atoms with Crippen molar-refractivity contribution in [3.05, 3.63) is 60.2 Å². The van der Waals surface area contributed by atoms with Crippen molar-refractivity contribution in [1.82, 2.24) is 10.2 Å². The molecule has 26 heavy (non-hydrogen) atoms. The average Bonchev–Trinajstić information content (AvgIpc) is 3.16. The van der Waals surface area contributed by atoms with Crippen LogP contribution in [0.1, 0.15) is 10.4 Å². The van der Waals surface area contributed by atoms with Crippen LogP contribution in [0.2, 0.25) is 0 Å². The second-order valence-corrected chi connectivity index (χ2v) is 6.04. The van der Waals surface area contributed by atoms with Crippen LogP contribution in [0.4, 0.5) is 5.69 Å². The average molecular weight is 369 g/mol. The molecule has 0 unspecified atom stereocenters. The number of nitrogens with zero attached hydrogens (tertiary/aromatic N) is 2. The number of para-hydroxylation sites is 1. The van der Waals surface area contributed by atoms with Crippen LogP contribution in [0.15, 0.2) is 64.2 Å². The van der Waals surface area contributed by atoms with Crippen LogP contribution in [-0.2, 0) is 9.53 Å². The van der Waals surface area contributed by atoms with Crippen LogP contribution in [0.25, 0.3) is 11.5 Å². The third-order valence-electron chi connectivity index (χ3n) is 3.36. The highest BCUT2D eigenvalue weighted by molar-refractivity contribution is 7.99. The van der Waals surface area contributed by atoms with Crippen LogP contribution in [0.5, 0.6) is 0 Å². The van der Waals surface area contributed by atoms with E-state index in [0.717, 1.165) is 17.3 Å². The lowest BCUT2D eigenvalue weighted by Crippen LogP contribution is -2.17. The summed E-state index contributed by atoms with van der Waals surface area (Å²) in [5.74, 6) is -0.361. The van der Waals surface area contributed by atoms with E-state index in [1.54, 1.807) is 24.3 Å². The number of carbonyl (C=O) groups excluding carboxylic acids is 2. The number of benzene rings is 2. The number of aromatic nitrogens is 2. The molecule has 0 atom stereocenters. The van der Waals surface area contributed by atoms with E-state index in [2.05, 4.69) is 15.5 Å². The molecule has 1 aromatic heterocycles. The monoisotopic (exact) mass is 369 g/mol. The van der Waals surface area contributed by atoms with Gasteiger partial charge in [-0.1, -0.05) is 42.1 Å². The van der Waals surface area contributed by atoms with E-state index in [4.69, 9.17) is 9.15 Å². The number of rotatable bonds is 6. The first-order chi connectivity index (χ1) is 12.7. The molecule has 0 fully saturated rings. The summed E-state index contributed by atoms with van der Waals surface area (Å²) in [6.07, 6.45) is 0. The van der Waals surface area contributed by atoms with Gasteiger partial charge >= 0.3 is 5.97 Å². The largest absolute Gasteiger partial charge is 0.465 e. The fourth-order valence-corrected chi connectivity index (χ4v) is 2.72. The second-order valence-electron chi connectivity index (χ2n) is 5.11. The van der Waals surface area contributed by atoms with Crippen LogP contribution in [-0.4, -0.2) is 34.9 Å². The van der Waals surface area contributed by atoms with Gasteiger partial charge in [0.2, 0.25) is 11.8 Å². The van der Waals surface area contributed by atoms with E-state index in [1.165, 1.54) is 7.11 Å². The summed E-state index contributed by atoms with van der Waals surface area (Å²) in [6, 6.07) is 16.0. The summed E-state index contributed by atoms with van der Waals surface area (Å²) < 4.78 is 10.2. The summed E-state index contributed by atoms with van der Waals surface area (Å²) in [5.41, 5.74) is 1.49. The topological polar surface area (TPSA) is 94.3 Å². The number of nitrogens with one attached hydrogen (secondary N) is 1. The highest BCUT2D eigenvalue weighted by atomic mass is 32.2. The van der Waals surface area contributed by atoms with E-state index < -0.39 is 5.97 Å². The molecule has 1 amide bonds. The lowest BCUT2D eigenvalue weighted by molar-refractivity contribution is -0.113. The Bertz CT molecular complexity index is 912. The van der Waals surface area contributed by atoms with Gasteiger partial charge in [-0.05, 0) is 24.3 Å². The van der Waals surface area contributed by atoms with Crippen molar-refractivity contribution in [2.45, 2.75) is 5.22 Å². The van der Waals surface area contributed by atoms with Crippen LogP contribution >= 0.6 is 11.8 Å². The smallest absolute Gasteiger partial charge is 0.339 e. The van der Waals surface area contributed by atoms with Gasteiger partial charge in [0.1, 0.15) is 0 Å². The number of thioether (sulfide) groups is 1. The van der Waals surface area contributed by atoms with E-state index in [0.29, 0.717) is 16.8 Å². The van der Waals surface area contributed by atoms with Crippen molar-refractivity contribution in [2.75, 3.05) is 18.2 Å². The van der Waals surface area contributed by atoms with Crippen LogP contribution in [0, 0.1) is 0 Å². The summed E-state index contributed by atoms with van der Waals surface area (Å²) in [6.45, 7) is 0. The van der Waals surface area contributed by atoms with Crippen molar-refractivity contribution >= 4 is 29.3 Å². The van der Waals surface area contributed by atoms with Gasteiger partial charge in [-0.3, -0.25) is 4.79 Å². The molecule has 0 radical (unpaired) electrons. The zero-order chi connectivity index (χ0) is 18.4. The van der Waals surface area contributed by atoms with E-state index in [-0.39, 0.29) is 17.2 Å². The Hall–Kier alpha value is -3.13. The van der Waals surface area contributed by atoms with Crippen molar-refractivity contribution in [3.8, 4) is 11.5 Å². The number of ether oxygens (including phenoxy) is 1. The second kappa shape index (κ2) is 8.30. The Labute approximate surface area is 153 Å². The Kier molecular flexibility index (Phi) is 5.65. The fraction of sp³-hybridized carbons (Fsp3) is 0.111. The number of carbonyl (C=O) groups is 2. The first-order valence-corrected chi connectivity index (χ1v) is 8.65. The molecule has 0 spiro atoms. The molecular formula is C18H15N3O4S. The minimum atomic E-state index is -0.516. The predicted molar refractivity (Wildman–Crippen MR) is 96.9 cm³/mol. The third-order valence-corrected chi connectivity index (χ3v) is 4.18. The normalized spacial score (nSPS) is 10.3.